The average molecular weight is 204 g/mol. The summed E-state index contributed by atoms with van der Waals surface area (Å²) in [5, 5.41) is 0. The molecule has 0 N–H and O–H groups in total. The summed E-state index contributed by atoms with van der Waals surface area (Å²) >= 11 is 0. The average Bonchev–Trinajstić information content (AvgIpc) is 2.17. The molecular formula is C11H21FO2. The molecule has 0 rings (SSSR count). The minimum Gasteiger partial charge on any atom is -0.381 e. The van der Waals surface area contributed by atoms with E-state index in [-0.39, 0.29) is 12.4 Å². The number of carbonyl (C=O) groups is 1. The molecule has 0 spiro atoms. The van der Waals surface area contributed by atoms with Crippen LogP contribution in [0.4, 0.5) is 4.39 Å². The highest BCUT2D eigenvalue weighted by molar-refractivity contribution is 5.82. The summed E-state index contributed by atoms with van der Waals surface area (Å²) in [6, 6.07) is 0. The smallest absolute Gasteiger partial charge is 0.181 e. The van der Waals surface area contributed by atoms with Gasteiger partial charge in [-0.1, -0.05) is 32.6 Å². The molecule has 14 heavy (non-hydrogen) atoms. The van der Waals surface area contributed by atoms with Gasteiger partial charge < -0.3 is 4.74 Å². The fourth-order valence-corrected chi connectivity index (χ4v) is 1.30. The highest BCUT2D eigenvalue weighted by Gasteiger charge is 2.15. The van der Waals surface area contributed by atoms with Crippen molar-refractivity contribution in [3.05, 3.63) is 0 Å². The number of methoxy groups -OCH3 is 1. The maximum atomic E-state index is 12.9. The lowest BCUT2D eigenvalue weighted by atomic mass is 10.1. The summed E-state index contributed by atoms with van der Waals surface area (Å²) in [7, 11) is 1.40. The van der Waals surface area contributed by atoms with E-state index in [4.69, 9.17) is 0 Å². The van der Waals surface area contributed by atoms with E-state index in [0.29, 0.717) is 6.42 Å². The molecule has 0 radical (unpaired) electrons. The first kappa shape index (κ1) is 13.6. The number of Topliss-reactive ketones (excluding diaryl/α,β-unsaturated/α-hetero) is 1. The van der Waals surface area contributed by atoms with Gasteiger partial charge in [0.2, 0.25) is 0 Å². The van der Waals surface area contributed by atoms with Crippen molar-refractivity contribution in [2.24, 2.45) is 0 Å². The van der Waals surface area contributed by atoms with E-state index in [9.17, 15) is 9.18 Å². The van der Waals surface area contributed by atoms with Crippen molar-refractivity contribution in [1.29, 1.82) is 0 Å². The summed E-state index contributed by atoms with van der Waals surface area (Å²) in [5.74, 6) is -0.316. The number of halogens is 1. The van der Waals surface area contributed by atoms with Gasteiger partial charge >= 0.3 is 0 Å². The van der Waals surface area contributed by atoms with E-state index in [1.807, 2.05) is 0 Å². The molecule has 0 aliphatic rings. The Bertz CT molecular complexity index is 148. The Hall–Kier alpha value is -0.440. The van der Waals surface area contributed by atoms with Gasteiger partial charge in [0, 0.05) is 13.5 Å². The lowest BCUT2D eigenvalue weighted by Gasteiger charge is -2.05. The normalized spacial score (nSPS) is 12.8. The van der Waals surface area contributed by atoms with E-state index in [1.165, 1.54) is 20.0 Å². The molecule has 0 aliphatic heterocycles. The molecule has 0 fully saturated rings. The van der Waals surface area contributed by atoms with Crippen LogP contribution in [0.2, 0.25) is 0 Å². The van der Waals surface area contributed by atoms with Crippen molar-refractivity contribution in [3.8, 4) is 0 Å². The number of rotatable bonds is 9. The molecule has 2 nitrogen and oxygen atoms in total. The number of carbonyl (C=O) groups excluding carboxylic acids is 1. The second kappa shape index (κ2) is 9.13. The number of ketones is 1. The Labute approximate surface area is 85.8 Å². The fourth-order valence-electron chi connectivity index (χ4n) is 1.30. The SMILES string of the molecule is CCCCCCCC(=O)C(F)COC. The highest BCUT2D eigenvalue weighted by atomic mass is 19.1. The molecule has 0 aromatic heterocycles. The Morgan fingerprint density at radius 2 is 1.93 bits per heavy atom. The molecule has 1 unspecified atom stereocenters. The lowest BCUT2D eigenvalue weighted by molar-refractivity contribution is -0.125. The minimum absolute atomic E-state index is 0.103. The van der Waals surface area contributed by atoms with Crippen molar-refractivity contribution < 1.29 is 13.9 Å². The zero-order valence-corrected chi connectivity index (χ0v) is 9.22. The molecule has 0 heterocycles. The van der Waals surface area contributed by atoms with E-state index < -0.39 is 6.17 Å². The number of hydrogen-bond donors (Lipinski definition) is 0. The first-order valence-electron chi connectivity index (χ1n) is 5.38. The third-order valence-electron chi connectivity index (χ3n) is 2.19. The van der Waals surface area contributed by atoms with Crippen LogP contribution in [0.3, 0.4) is 0 Å². The van der Waals surface area contributed by atoms with Crippen molar-refractivity contribution in [1.82, 2.24) is 0 Å². The molecule has 0 aromatic rings. The summed E-state index contributed by atoms with van der Waals surface area (Å²) in [6.07, 6.45) is 4.29. The third-order valence-corrected chi connectivity index (χ3v) is 2.19. The molecule has 0 saturated carbocycles. The number of ether oxygens (including phenoxy) is 1. The van der Waals surface area contributed by atoms with Gasteiger partial charge in [-0.25, -0.2) is 4.39 Å². The predicted molar refractivity (Wildman–Crippen MR) is 55.2 cm³/mol. The third kappa shape index (κ3) is 7.01. The molecule has 0 aliphatic carbocycles. The number of alkyl halides is 1. The van der Waals surface area contributed by atoms with Gasteiger partial charge in [-0.15, -0.1) is 0 Å². The fraction of sp³-hybridized carbons (Fsp3) is 0.909. The van der Waals surface area contributed by atoms with Crippen molar-refractivity contribution in [2.45, 2.75) is 51.6 Å². The molecule has 84 valence electrons. The van der Waals surface area contributed by atoms with Crippen LogP contribution < -0.4 is 0 Å². The van der Waals surface area contributed by atoms with Gasteiger partial charge in [0.05, 0.1) is 6.61 Å². The van der Waals surface area contributed by atoms with Gasteiger partial charge in [-0.3, -0.25) is 4.79 Å². The summed E-state index contributed by atoms with van der Waals surface area (Å²) in [4.78, 5) is 11.1. The van der Waals surface area contributed by atoms with Crippen LogP contribution in [-0.4, -0.2) is 25.7 Å². The maximum Gasteiger partial charge on any atom is 0.181 e. The first-order valence-corrected chi connectivity index (χ1v) is 5.38. The Morgan fingerprint density at radius 3 is 2.50 bits per heavy atom. The monoisotopic (exact) mass is 204 g/mol. The molecule has 0 amide bonds. The van der Waals surface area contributed by atoms with Crippen molar-refractivity contribution >= 4 is 5.78 Å². The van der Waals surface area contributed by atoms with Gasteiger partial charge in [0.15, 0.2) is 12.0 Å². The Morgan fingerprint density at radius 1 is 1.29 bits per heavy atom. The van der Waals surface area contributed by atoms with Gasteiger partial charge in [-0.2, -0.15) is 0 Å². The van der Waals surface area contributed by atoms with Crippen LogP contribution in [0.5, 0.6) is 0 Å². The van der Waals surface area contributed by atoms with Crippen molar-refractivity contribution in [2.75, 3.05) is 13.7 Å². The van der Waals surface area contributed by atoms with Gasteiger partial charge in [0.1, 0.15) is 0 Å². The molecular weight excluding hydrogens is 183 g/mol. The highest BCUT2D eigenvalue weighted by Crippen LogP contribution is 2.07. The van der Waals surface area contributed by atoms with Crippen LogP contribution in [0, 0.1) is 0 Å². The quantitative estimate of drug-likeness (QED) is 0.540. The Balaban J connectivity index is 3.34. The van der Waals surface area contributed by atoms with Gasteiger partial charge in [-0.05, 0) is 6.42 Å². The van der Waals surface area contributed by atoms with E-state index in [1.54, 1.807) is 0 Å². The number of hydrogen-bond acceptors (Lipinski definition) is 2. The second-order valence-corrected chi connectivity index (χ2v) is 3.55. The predicted octanol–water partition coefficient (Wildman–Crippen LogP) is 2.90. The van der Waals surface area contributed by atoms with Gasteiger partial charge in [0.25, 0.3) is 0 Å². The molecule has 0 bridgehead atoms. The largest absolute Gasteiger partial charge is 0.381 e. The molecule has 0 saturated heterocycles. The molecule has 3 heteroatoms. The van der Waals surface area contributed by atoms with Crippen LogP contribution in [0.15, 0.2) is 0 Å². The van der Waals surface area contributed by atoms with E-state index in [0.717, 1.165) is 19.3 Å². The summed E-state index contributed by atoms with van der Waals surface area (Å²) < 4.78 is 17.5. The molecule has 0 aromatic carbocycles. The maximum absolute atomic E-state index is 12.9. The Kier molecular flexibility index (Phi) is 8.84. The summed E-state index contributed by atoms with van der Waals surface area (Å²) in [6.45, 7) is 2.04. The van der Waals surface area contributed by atoms with E-state index >= 15 is 0 Å². The first-order chi connectivity index (χ1) is 6.72. The zero-order valence-electron chi connectivity index (χ0n) is 9.22. The van der Waals surface area contributed by atoms with Crippen LogP contribution >= 0.6 is 0 Å². The van der Waals surface area contributed by atoms with Crippen molar-refractivity contribution in [3.63, 3.8) is 0 Å². The standard InChI is InChI=1S/C11H21FO2/c1-3-4-5-6-7-8-11(13)10(12)9-14-2/h10H,3-9H2,1-2H3. The molecule has 1 atom stereocenters. The zero-order chi connectivity index (χ0) is 10.8. The van der Waals surface area contributed by atoms with Crippen LogP contribution in [0.1, 0.15) is 45.4 Å². The van der Waals surface area contributed by atoms with Crippen LogP contribution in [-0.2, 0) is 9.53 Å². The topological polar surface area (TPSA) is 26.3 Å². The van der Waals surface area contributed by atoms with E-state index in [2.05, 4.69) is 11.7 Å². The minimum atomic E-state index is -1.42. The second-order valence-electron chi connectivity index (χ2n) is 3.55. The lowest BCUT2D eigenvalue weighted by Crippen LogP contribution is -2.20. The van der Waals surface area contributed by atoms with Crippen LogP contribution in [0.25, 0.3) is 0 Å². The summed E-state index contributed by atoms with van der Waals surface area (Å²) in [5.41, 5.74) is 0. The number of unbranched alkanes of at least 4 members (excludes halogenated alkanes) is 4.